The van der Waals surface area contributed by atoms with Crippen LogP contribution in [-0.2, 0) is 37.7 Å². The maximum atomic E-state index is 10.0. The number of fused-ring (bicyclic) bond motifs is 4. The summed E-state index contributed by atoms with van der Waals surface area (Å²) in [6, 6.07) is 14.3. The second kappa shape index (κ2) is 11.3. The molecule has 0 saturated carbocycles. The Labute approximate surface area is 218 Å². The number of pyridine rings is 1. The van der Waals surface area contributed by atoms with Crippen LogP contribution in [0.15, 0.2) is 48.4 Å². The van der Waals surface area contributed by atoms with Crippen molar-refractivity contribution in [3.05, 3.63) is 71.1 Å². The van der Waals surface area contributed by atoms with Gasteiger partial charge in [0.2, 0.25) is 0 Å². The van der Waals surface area contributed by atoms with Crippen molar-refractivity contribution in [1.82, 2.24) is 4.98 Å². The Bertz CT molecular complexity index is 1370. The molecule has 0 atom stereocenters. The molecule has 0 spiro atoms. The van der Waals surface area contributed by atoms with Crippen LogP contribution in [0.25, 0.3) is 31.4 Å². The van der Waals surface area contributed by atoms with Crippen molar-refractivity contribution in [2.45, 2.75) is 46.5 Å². The van der Waals surface area contributed by atoms with E-state index in [1.165, 1.54) is 76.9 Å². The van der Waals surface area contributed by atoms with Gasteiger partial charge in [-0.1, -0.05) is 6.92 Å². The summed E-state index contributed by atoms with van der Waals surface area (Å²) in [5.74, 6) is 0.773. The molecule has 2 heterocycles. The fourth-order valence-corrected chi connectivity index (χ4v) is 5.60. The molecular weight excluding hydrogens is 623 g/mol. The van der Waals surface area contributed by atoms with Crippen molar-refractivity contribution < 1.29 is 34.7 Å². The van der Waals surface area contributed by atoms with Crippen molar-refractivity contribution in [2.24, 2.45) is 0 Å². The summed E-state index contributed by atoms with van der Waals surface area (Å²) in [7, 11) is 1.69. The van der Waals surface area contributed by atoms with Gasteiger partial charge in [-0.05, 0) is 79.6 Å². The van der Waals surface area contributed by atoms with Crippen LogP contribution in [0.3, 0.4) is 0 Å². The number of carbonyl (C=O) groups excluding carboxylic acids is 1. The van der Waals surface area contributed by atoms with Crippen molar-refractivity contribution in [2.75, 3.05) is 7.11 Å². The van der Waals surface area contributed by atoms with Gasteiger partial charge in [-0.2, -0.15) is 0 Å². The summed E-state index contributed by atoms with van der Waals surface area (Å²) in [4.78, 5) is 14.7. The van der Waals surface area contributed by atoms with Gasteiger partial charge in [0.25, 0.3) is 0 Å². The Kier molecular flexibility index (Phi) is 8.64. The van der Waals surface area contributed by atoms with Crippen molar-refractivity contribution in [3.63, 3.8) is 0 Å². The molecule has 2 aromatic heterocycles. The molecule has 4 aromatic rings. The van der Waals surface area contributed by atoms with E-state index in [-0.39, 0.29) is 31.6 Å². The first-order chi connectivity index (χ1) is 15.9. The topological polar surface area (TPSA) is 59.4 Å². The zero-order valence-electron chi connectivity index (χ0n) is 19.8. The van der Waals surface area contributed by atoms with Gasteiger partial charge < -0.3 is 14.8 Å². The summed E-state index contributed by atoms with van der Waals surface area (Å²) in [6.45, 7) is 4.95. The molecule has 0 amide bonds. The molecule has 0 saturated heterocycles. The van der Waals surface area contributed by atoms with Crippen LogP contribution in [0, 0.1) is 13.0 Å². The molecule has 1 aliphatic rings. The number of aliphatic hydroxyl groups excluding tert-OH is 1. The molecular formula is C28H28IrNO3S-. The van der Waals surface area contributed by atoms with Crippen LogP contribution in [0.5, 0.6) is 5.75 Å². The largest absolute Gasteiger partial charge is 0.540 e. The van der Waals surface area contributed by atoms with E-state index in [0.29, 0.717) is 0 Å². The van der Waals surface area contributed by atoms with E-state index in [1.54, 1.807) is 7.11 Å². The Balaban J connectivity index is 0.000000357. The van der Waals surface area contributed by atoms with Gasteiger partial charge in [0.15, 0.2) is 5.78 Å². The predicted octanol–water partition coefficient (Wildman–Crippen LogP) is 7.15. The average molecular weight is 651 g/mol. The number of nitrogens with zero attached hydrogens (tertiary/aromatic N) is 1. The van der Waals surface area contributed by atoms with Gasteiger partial charge in [0.05, 0.1) is 12.9 Å². The summed E-state index contributed by atoms with van der Waals surface area (Å²) in [6.07, 6.45) is 8.16. The van der Waals surface area contributed by atoms with Crippen molar-refractivity contribution in [3.8, 4) is 17.0 Å². The van der Waals surface area contributed by atoms with E-state index >= 15 is 0 Å². The first-order valence-corrected chi connectivity index (χ1v) is 12.0. The van der Waals surface area contributed by atoms with Crippen LogP contribution in [0.2, 0.25) is 0 Å². The first-order valence-electron chi connectivity index (χ1n) is 11.1. The number of rotatable bonds is 3. The molecule has 4 nitrogen and oxygen atoms in total. The molecule has 2 aromatic carbocycles. The normalized spacial score (nSPS) is 13.0. The van der Waals surface area contributed by atoms with E-state index in [4.69, 9.17) is 14.8 Å². The predicted molar refractivity (Wildman–Crippen MR) is 136 cm³/mol. The Morgan fingerprint density at radius 1 is 1.15 bits per heavy atom. The number of hydrogen-bond donors (Lipinski definition) is 1. The number of hydrogen-bond acceptors (Lipinski definition) is 5. The molecule has 1 aliphatic carbocycles. The van der Waals surface area contributed by atoms with Crippen molar-refractivity contribution in [1.29, 1.82) is 0 Å². The smallest absolute Gasteiger partial charge is 0.155 e. The SMILES string of the molecule is CC(=O)/C=C(/C)O.COc1c[c-]c(-c2nccc3c2sc2cc4c(cc23)CCCC4)c(C)c1.[Ir]. The Morgan fingerprint density at radius 3 is 2.44 bits per heavy atom. The molecule has 179 valence electrons. The minimum atomic E-state index is -0.125. The molecule has 5 rings (SSSR count). The number of benzene rings is 2. The van der Waals surface area contributed by atoms with E-state index in [9.17, 15) is 4.79 Å². The molecule has 0 bridgehead atoms. The zero-order chi connectivity index (χ0) is 23.5. The van der Waals surface area contributed by atoms with E-state index in [1.807, 2.05) is 23.6 Å². The third-order valence-corrected chi connectivity index (χ3v) is 7.02. The van der Waals surface area contributed by atoms with Gasteiger partial charge in [0, 0.05) is 53.2 Å². The molecule has 6 heteroatoms. The van der Waals surface area contributed by atoms with E-state index in [2.05, 4.69) is 37.3 Å². The fourth-order valence-electron chi connectivity index (χ4n) is 4.36. The number of aliphatic hydroxyl groups is 1. The summed E-state index contributed by atoms with van der Waals surface area (Å²) >= 11 is 1.86. The van der Waals surface area contributed by atoms with E-state index in [0.717, 1.165) is 22.6 Å². The number of aromatic nitrogens is 1. The maximum Gasteiger partial charge on any atom is 0.155 e. The standard InChI is InChI=1S/C23H20NOS.C5H8O2.Ir/c1-14-11-17(25-2)7-8-18(14)22-23-19(9-10-24-22)20-12-15-5-3-4-6-16(15)13-21(20)26-23;1-4(6)3-5(2)7;/h7,9-13H,3-6H2,1-2H3;3,6H,1-2H3;/q-1;;/b;4-3-;. The number of ether oxygens (including phenoxy) is 1. The number of aryl methyl sites for hydroxylation is 3. The third-order valence-electron chi connectivity index (χ3n) is 5.85. The molecule has 1 radical (unpaired) electrons. The van der Waals surface area contributed by atoms with Gasteiger partial charge in [-0.15, -0.1) is 40.7 Å². The van der Waals surface area contributed by atoms with Crippen LogP contribution in [0.1, 0.15) is 43.4 Å². The van der Waals surface area contributed by atoms with Crippen LogP contribution < -0.4 is 4.74 Å². The van der Waals surface area contributed by atoms with Crippen LogP contribution >= 0.6 is 11.3 Å². The molecule has 1 N–H and O–H groups in total. The molecule has 0 unspecified atom stereocenters. The Morgan fingerprint density at radius 2 is 1.85 bits per heavy atom. The van der Waals surface area contributed by atoms with Gasteiger partial charge in [-0.3, -0.25) is 4.79 Å². The number of carbonyl (C=O) groups is 1. The van der Waals surface area contributed by atoms with Crippen LogP contribution in [-0.4, -0.2) is 23.0 Å². The summed E-state index contributed by atoms with van der Waals surface area (Å²) in [5, 5.41) is 11.1. The molecule has 34 heavy (non-hydrogen) atoms. The monoisotopic (exact) mass is 651 g/mol. The average Bonchev–Trinajstić information content (AvgIpc) is 3.14. The quantitative estimate of drug-likeness (QED) is 0.145. The molecule has 0 fully saturated rings. The minimum Gasteiger partial charge on any atom is -0.540 e. The first kappa shape index (κ1) is 26.1. The maximum absolute atomic E-state index is 10.0. The number of ketones is 1. The summed E-state index contributed by atoms with van der Waals surface area (Å²) < 4.78 is 7.96. The fraction of sp³-hybridized carbons (Fsp3) is 0.286. The molecule has 0 aliphatic heterocycles. The van der Waals surface area contributed by atoms with Gasteiger partial charge in [-0.25, -0.2) is 0 Å². The van der Waals surface area contributed by atoms with Gasteiger partial charge in [0.1, 0.15) is 0 Å². The van der Waals surface area contributed by atoms with Crippen LogP contribution in [0.4, 0.5) is 0 Å². The van der Waals surface area contributed by atoms with Crippen molar-refractivity contribution >= 4 is 37.3 Å². The minimum absolute atomic E-state index is 0. The number of methoxy groups -OCH3 is 1. The second-order valence-corrected chi connectivity index (χ2v) is 9.51. The zero-order valence-corrected chi connectivity index (χ0v) is 23.0. The number of thiophene rings is 1. The second-order valence-electron chi connectivity index (χ2n) is 8.46. The van der Waals surface area contributed by atoms with E-state index < -0.39 is 0 Å². The summed E-state index contributed by atoms with van der Waals surface area (Å²) in [5.41, 5.74) is 6.31. The Hall–Kier alpha value is -2.53. The third kappa shape index (κ3) is 5.57. The van der Waals surface area contributed by atoms with Gasteiger partial charge >= 0.3 is 0 Å². The number of allylic oxidation sites excluding steroid dienone is 2.